The van der Waals surface area contributed by atoms with Crippen molar-refractivity contribution in [1.29, 1.82) is 5.26 Å². The lowest BCUT2D eigenvalue weighted by molar-refractivity contribution is 0.152. The first kappa shape index (κ1) is 14.6. The maximum atomic E-state index is 14.0. The van der Waals surface area contributed by atoms with Crippen LogP contribution < -0.4 is 10.5 Å². The van der Waals surface area contributed by atoms with Crippen LogP contribution in [0.2, 0.25) is 0 Å². The number of nitrogens with two attached hydrogens (primary N) is 1. The van der Waals surface area contributed by atoms with Crippen molar-refractivity contribution in [2.24, 2.45) is 5.73 Å². The van der Waals surface area contributed by atoms with Crippen LogP contribution in [-0.2, 0) is 11.3 Å². The highest BCUT2D eigenvalue weighted by Gasteiger charge is 2.20. The summed E-state index contributed by atoms with van der Waals surface area (Å²) in [6, 6.07) is 4.15. The smallest absolute Gasteiger partial charge is 0.404 e. The van der Waals surface area contributed by atoms with Crippen LogP contribution >= 0.6 is 0 Å². The van der Waals surface area contributed by atoms with E-state index in [-0.39, 0.29) is 35.5 Å². The second-order valence-electron chi connectivity index (χ2n) is 4.10. The van der Waals surface area contributed by atoms with E-state index in [0.717, 1.165) is 6.07 Å². The normalized spacial score (nSPS) is 10.4. The van der Waals surface area contributed by atoms with E-state index in [1.54, 1.807) is 0 Å². The summed E-state index contributed by atoms with van der Waals surface area (Å²) >= 11 is 0. The molecule has 2 rings (SSSR count). The molecule has 110 valence electrons. The second kappa shape index (κ2) is 5.66. The Morgan fingerprint density at radius 2 is 2.19 bits per heavy atom. The van der Waals surface area contributed by atoms with Crippen LogP contribution in [0.4, 0.5) is 13.6 Å². The Kier molecular flexibility index (Phi) is 3.93. The molecule has 0 aliphatic carbocycles. The van der Waals surface area contributed by atoms with Crippen molar-refractivity contribution in [3.63, 3.8) is 0 Å². The summed E-state index contributed by atoms with van der Waals surface area (Å²) in [7, 11) is 1.31. The first-order chi connectivity index (χ1) is 9.99. The number of carbonyl (C=O) groups excluding carboxylic acids is 1. The third kappa shape index (κ3) is 2.58. The molecule has 8 heteroatoms. The molecule has 1 aromatic heterocycles. The summed E-state index contributed by atoms with van der Waals surface area (Å²) < 4.78 is 38.3. The van der Waals surface area contributed by atoms with E-state index in [1.807, 2.05) is 6.07 Å². The van der Waals surface area contributed by atoms with Gasteiger partial charge >= 0.3 is 6.09 Å². The van der Waals surface area contributed by atoms with Gasteiger partial charge in [0.1, 0.15) is 24.1 Å². The van der Waals surface area contributed by atoms with Crippen LogP contribution in [0.15, 0.2) is 12.1 Å². The van der Waals surface area contributed by atoms with Crippen LogP contribution in [0, 0.1) is 23.0 Å². The van der Waals surface area contributed by atoms with Crippen molar-refractivity contribution >= 4 is 17.0 Å². The fourth-order valence-corrected chi connectivity index (χ4v) is 2.07. The molecular formula is C13H11F2N3O3. The topological polar surface area (TPSA) is 90.3 Å². The van der Waals surface area contributed by atoms with Crippen LogP contribution in [-0.4, -0.2) is 24.4 Å². The monoisotopic (exact) mass is 295 g/mol. The molecule has 1 heterocycles. The minimum atomic E-state index is -1.11. The Balaban J connectivity index is 2.59. The van der Waals surface area contributed by atoms with Crippen molar-refractivity contribution in [3.8, 4) is 11.8 Å². The van der Waals surface area contributed by atoms with E-state index >= 15 is 0 Å². The molecule has 0 radical (unpaired) electrons. The highest BCUT2D eigenvalue weighted by atomic mass is 19.2. The summed E-state index contributed by atoms with van der Waals surface area (Å²) in [6.07, 6.45) is -0.991. The van der Waals surface area contributed by atoms with Crippen LogP contribution in [0.3, 0.4) is 0 Å². The maximum absolute atomic E-state index is 14.0. The van der Waals surface area contributed by atoms with Crippen molar-refractivity contribution in [3.05, 3.63) is 29.5 Å². The fraction of sp³-hybridized carbons (Fsp3) is 0.231. The zero-order chi connectivity index (χ0) is 15.6. The summed E-state index contributed by atoms with van der Waals surface area (Å²) in [5.74, 6) is -2.10. The van der Waals surface area contributed by atoms with Gasteiger partial charge in [-0.1, -0.05) is 0 Å². The molecule has 6 nitrogen and oxygen atoms in total. The van der Waals surface area contributed by atoms with E-state index in [1.165, 1.54) is 17.7 Å². The molecular weight excluding hydrogens is 284 g/mol. The van der Waals surface area contributed by atoms with Crippen molar-refractivity contribution in [2.75, 3.05) is 13.7 Å². The largest absolute Gasteiger partial charge is 0.496 e. The predicted molar refractivity (Wildman–Crippen MR) is 68.7 cm³/mol. The van der Waals surface area contributed by atoms with Crippen LogP contribution in [0.1, 0.15) is 5.69 Å². The summed E-state index contributed by atoms with van der Waals surface area (Å²) in [5, 5.41) is 9.35. The Morgan fingerprint density at radius 1 is 1.48 bits per heavy atom. The van der Waals surface area contributed by atoms with Gasteiger partial charge in [-0.3, -0.25) is 0 Å². The highest BCUT2D eigenvalue weighted by molar-refractivity contribution is 5.89. The van der Waals surface area contributed by atoms with E-state index in [4.69, 9.17) is 15.7 Å². The van der Waals surface area contributed by atoms with Crippen LogP contribution in [0.5, 0.6) is 5.75 Å². The number of halogens is 2. The lowest BCUT2D eigenvalue weighted by Gasteiger charge is -2.09. The zero-order valence-electron chi connectivity index (χ0n) is 11.0. The van der Waals surface area contributed by atoms with Gasteiger partial charge in [0.25, 0.3) is 0 Å². The summed E-state index contributed by atoms with van der Waals surface area (Å²) in [4.78, 5) is 10.5. The lowest BCUT2D eigenvalue weighted by Crippen LogP contribution is -2.17. The third-order valence-corrected chi connectivity index (χ3v) is 2.93. The number of fused-ring (bicyclic) bond motifs is 1. The van der Waals surface area contributed by atoms with Crippen LogP contribution in [0.25, 0.3) is 10.9 Å². The standard InChI is InChI=1S/C13H11F2N3O3/c1-20-10-5-9(14)11(15)12-8(10)4-7(6-16)18(12)2-3-21-13(17)19/h4-5H,2-3H2,1H3,(H2,17,19). The first-order valence-electron chi connectivity index (χ1n) is 5.87. The Morgan fingerprint density at radius 3 is 2.76 bits per heavy atom. The molecule has 0 fully saturated rings. The van der Waals surface area contributed by atoms with Gasteiger partial charge in [-0.2, -0.15) is 5.26 Å². The fourth-order valence-electron chi connectivity index (χ4n) is 2.07. The molecule has 0 aliphatic rings. The number of nitrogens with zero attached hydrogens (tertiary/aromatic N) is 2. The van der Waals surface area contributed by atoms with Gasteiger partial charge in [-0.15, -0.1) is 0 Å². The first-order valence-corrected chi connectivity index (χ1v) is 5.87. The minimum absolute atomic E-state index is 0.0428. The van der Waals surface area contributed by atoms with Gasteiger partial charge in [0, 0.05) is 11.5 Å². The van der Waals surface area contributed by atoms with Crippen molar-refractivity contribution in [1.82, 2.24) is 4.57 Å². The minimum Gasteiger partial charge on any atom is -0.496 e. The quantitative estimate of drug-likeness (QED) is 0.932. The number of hydrogen-bond acceptors (Lipinski definition) is 4. The number of aromatic nitrogens is 1. The molecule has 0 atom stereocenters. The average molecular weight is 295 g/mol. The number of nitriles is 1. The number of benzene rings is 1. The molecule has 0 spiro atoms. The van der Waals surface area contributed by atoms with Gasteiger partial charge in [0.2, 0.25) is 0 Å². The molecule has 0 saturated heterocycles. The number of rotatable bonds is 4. The molecule has 1 amide bonds. The number of amides is 1. The highest BCUT2D eigenvalue weighted by Crippen LogP contribution is 2.32. The molecule has 2 aromatic rings. The lowest BCUT2D eigenvalue weighted by atomic mass is 10.2. The molecule has 21 heavy (non-hydrogen) atoms. The van der Waals surface area contributed by atoms with Gasteiger partial charge in [-0.25, -0.2) is 13.6 Å². The Bertz CT molecular complexity index is 749. The van der Waals surface area contributed by atoms with Gasteiger partial charge in [0.15, 0.2) is 11.6 Å². The molecule has 1 aromatic carbocycles. The number of methoxy groups -OCH3 is 1. The van der Waals surface area contributed by atoms with E-state index in [9.17, 15) is 13.6 Å². The number of ether oxygens (including phenoxy) is 2. The SMILES string of the molecule is COc1cc(F)c(F)c2c1cc(C#N)n2CCOC(N)=O. The Labute approximate surface area is 118 Å². The third-order valence-electron chi connectivity index (χ3n) is 2.93. The predicted octanol–water partition coefficient (Wildman–Crippen LogP) is 1.90. The Hall–Kier alpha value is -2.82. The molecule has 0 aliphatic heterocycles. The van der Waals surface area contributed by atoms with E-state index in [0.29, 0.717) is 0 Å². The number of primary amides is 1. The molecule has 0 bridgehead atoms. The van der Waals surface area contributed by atoms with E-state index < -0.39 is 17.7 Å². The van der Waals surface area contributed by atoms with Gasteiger partial charge in [-0.05, 0) is 6.07 Å². The average Bonchev–Trinajstić information content (AvgIpc) is 2.81. The van der Waals surface area contributed by atoms with Gasteiger partial charge in [0.05, 0.1) is 19.2 Å². The number of carbonyl (C=O) groups is 1. The molecule has 0 unspecified atom stereocenters. The second-order valence-corrected chi connectivity index (χ2v) is 4.10. The van der Waals surface area contributed by atoms with Crippen molar-refractivity contribution in [2.45, 2.75) is 6.54 Å². The van der Waals surface area contributed by atoms with E-state index in [2.05, 4.69) is 4.74 Å². The maximum Gasteiger partial charge on any atom is 0.404 e. The molecule has 2 N–H and O–H groups in total. The summed E-state index contributed by atoms with van der Waals surface area (Å²) in [6.45, 7) is -0.217. The number of hydrogen-bond donors (Lipinski definition) is 1. The van der Waals surface area contributed by atoms with Gasteiger partial charge < -0.3 is 19.8 Å². The van der Waals surface area contributed by atoms with Crippen molar-refractivity contribution < 1.29 is 23.0 Å². The summed E-state index contributed by atoms with van der Waals surface area (Å²) in [5.41, 5.74) is 4.78. The molecule has 0 saturated carbocycles. The zero-order valence-corrected chi connectivity index (χ0v) is 11.0.